The van der Waals surface area contributed by atoms with Gasteiger partial charge >= 0.3 is 5.97 Å². The second-order valence-corrected chi connectivity index (χ2v) is 10.0. The van der Waals surface area contributed by atoms with Gasteiger partial charge in [-0.05, 0) is 82.9 Å². The molecule has 0 saturated heterocycles. The fourth-order valence-corrected chi connectivity index (χ4v) is 4.26. The zero-order valence-electron chi connectivity index (χ0n) is 25.7. The van der Waals surface area contributed by atoms with Crippen molar-refractivity contribution in [2.24, 2.45) is 0 Å². The number of allylic oxidation sites excluding steroid dienone is 3. The Balaban J connectivity index is 0.000000686. The fraction of sp³-hybridized carbons (Fsp3) is 0.382. The van der Waals surface area contributed by atoms with E-state index in [1.165, 1.54) is 12.0 Å². The molecule has 0 fully saturated rings. The molecule has 226 valence electrons. The van der Waals surface area contributed by atoms with E-state index >= 15 is 0 Å². The summed E-state index contributed by atoms with van der Waals surface area (Å²) in [7, 11) is 1.57. The molecule has 0 unspecified atom stereocenters. The van der Waals surface area contributed by atoms with Crippen molar-refractivity contribution in [3.8, 4) is 11.5 Å². The number of oxazole rings is 1. The third-order valence-corrected chi connectivity index (χ3v) is 6.70. The van der Waals surface area contributed by atoms with Gasteiger partial charge in [0, 0.05) is 37.1 Å². The second kappa shape index (κ2) is 17.5. The van der Waals surface area contributed by atoms with Crippen molar-refractivity contribution in [2.75, 3.05) is 20.3 Å². The number of aryl methyl sites for hydroxylation is 2. The van der Waals surface area contributed by atoms with Gasteiger partial charge in [-0.25, -0.2) is 4.98 Å². The van der Waals surface area contributed by atoms with Gasteiger partial charge in [0.25, 0.3) is 5.91 Å². The van der Waals surface area contributed by atoms with E-state index in [1.807, 2.05) is 32.9 Å². The Morgan fingerprint density at radius 2 is 1.86 bits per heavy atom. The van der Waals surface area contributed by atoms with Crippen LogP contribution in [0.15, 0.2) is 71.5 Å². The minimum atomic E-state index is -0.850. The molecule has 8 heteroatoms. The molecule has 0 bridgehead atoms. The van der Waals surface area contributed by atoms with E-state index in [2.05, 4.69) is 31.5 Å². The van der Waals surface area contributed by atoms with Crippen LogP contribution in [0.5, 0.6) is 11.5 Å². The Labute approximate surface area is 249 Å². The molecule has 0 atom stereocenters. The highest BCUT2D eigenvalue weighted by Gasteiger charge is 2.26. The van der Waals surface area contributed by atoms with Crippen LogP contribution in [0.25, 0.3) is 0 Å². The van der Waals surface area contributed by atoms with Gasteiger partial charge < -0.3 is 23.9 Å². The lowest BCUT2D eigenvalue weighted by Gasteiger charge is -2.32. The largest absolute Gasteiger partial charge is 0.497 e. The molecule has 0 aliphatic carbocycles. The summed E-state index contributed by atoms with van der Waals surface area (Å²) in [6.07, 6.45) is 6.94. The number of ether oxygens (including phenoxy) is 2. The number of amides is 1. The van der Waals surface area contributed by atoms with Gasteiger partial charge in [0.1, 0.15) is 17.3 Å². The smallest absolute Gasteiger partial charge is 0.303 e. The van der Waals surface area contributed by atoms with Gasteiger partial charge in [0.2, 0.25) is 0 Å². The predicted octanol–water partition coefficient (Wildman–Crippen LogP) is 6.99. The first-order valence-electron chi connectivity index (χ1n) is 14.1. The van der Waals surface area contributed by atoms with Crippen molar-refractivity contribution in [3.63, 3.8) is 0 Å². The average molecular weight is 577 g/mol. The molecule has 4 rings (SSSR count). The number of benzene rings is 2. The summed E-state index contributed by atoms with van der Waals surface area (Å²) >= 11 is 0. The third-order valence-electron chi connectivity index (χ3n) is 6.70. The molecule has 8 nitrogen and oxygen atoms in total. The maximum atomic E-state index is 13.2. The van der Waals surface area contributed by atoms with Crippen LogP contribution in [0.4, 0.5) is 0 Å². The minimum absolute atomic E-state index is 0.0297. The lowest BCUT2D eigenvalue weighted by atomic mass is 9.91. The molecule has 42 heavy (non-hydrogen) atoms. The van der Waals surface area contributed by atoms with Crippen molar-refractivity contribution in [2.45, 2.75) is 66.8 Å². The van der Waals surface area contributed by atoms with E-state index < -0.39 is 5.97 Å². The first-order valence-corrected chi connectivity index (χ1v) is 14.1. The zero-order chi connectivity index (χ0) is 31.1. The maximum Gasteiger partial charge on any atom is 0.303 e. The third kappa shape index (κ3) is 10.3. The number of carboxylic acid groups (broad SMARTS) is 1. The highest BCUT2D eigenvalue weighted by Crippen LogP contribution is 2.32. The molecule has 0 spiro atoms. The van der Waals surface area contributed by atoms with Crippen molar-refractivity contribution in [3.05, 3.63) is 101 Å². The lowest BCUT2D eigenvalue weighted by molar-refractivity contribution is -0.136. The van der Waals surface area contributed by atoms with Crippen molar-refractivity contribution >= 4 is 11.9 Å². The highest BCUT2D eigenvalue weighted by atomic mass is 16.5. The number of hydrogen-bond donors (Lipinski definition) is 1. The summed E-state index contributed by atoms with van der Waals surface area (Å²) in [6.45, 7) is 14.7. The molecular formula is C34H44N2O6. The Bertz CT molecular complexity index is 1350. The molecule has 3 aromatic rings. The number of hydrogen-bond acceptors (Lipinski definition) is 6. The fourth-order valence-electron chi connectivity index (χ4n) is 4.26. The van der Waals surface area contributed by atoms with Gasteiger partial charge in [-0.15, -0.1) is 6.58 Å². The SMILES string of the molecule is C=CC.CC=C(C)C.COc1cccc(C(=O)N2CCc3c(OCCc4ncoc4C)ccc(CCC(=O)O)c3C2)c1. The molecule has 2 aromatic carbocycles. The topological polar surface area (TPSA) is 102 Å². The molecule has 1 aliphatic rings. The Morgan fingerprint density at radius 1 is 1.14 bits per heavy atom. The average Bonchev–Trinajstić information content (AvgIpc) is 3.40. The van der Waals surface area contributed by atoms with E-state index in [0.29, 0.717) is 50.3 Å². The summed E-state index contributed by atoms with van der Waals surface area (Å²) < 4.78 is 16.6. The van der Waals surface area contributed by atoms with Crippen LogP contribution in [0.3, 0.4) is 0 Å². The van der Waals surface area contributed by atoms with Crippen molar-refractivity contribution in [1.82, 2.24) is 9.88 Å². The second-order valence-electron chi connectivity index (χ2n) is 10.0. The van der Waals surface area contributed by atoms with E-state index in [9.17, 15) is 14.7 Å². The predicted molar refractivity (Wildman–Crippen MR) is 165 cm³/mol. The van der Waals surface area contributed by atoms with Crippen LogP contribution in [-0.2, 0) is 30.6 Å². The number of carboxylic acids is 1. The van der Waals surface area contributed by atoms with E-state index in [1.54, 1.807) is 42.4 Å². The number of methoxy groups -OCH3 is 1. The summed E-state index contributed by atoms with van der Waals surface area (Å²) in [6, 6.07) is 10.9. The standard InChI is InChI=1S/C26H28N2O6.C5H10.C3H6/c1-17-23(27-16-34-17)11-13-33-24-8-6-18(7-9-25(29)30)22-15-28(12-10-21(22)24)26(31)19-4-3-5-20(14-19)32-2;1-4-5(2)3;1-3-2/h3-6,8,14,16H,7,9-13,15H2,1-2H3,(H,29,30);4H,1-3H3;3H,1H2,2H3. The van der Waals surface area contributed by atoms with Gasteiger partial charge in [0.15, 0.2) is 6.39 Å². The number of fused-ring (bicyclic) bond motifs is 1. The van der Waals surface area contributed by atoms with E-state index in [-0.39, 0.29) is 12.3 Å². The first-order chi connectivity index (χ1) is 20.1. The summed E-state index contributed by atoms with van der Waals surface area (Å²) in [5.74, 6) is 1.24. The minimum Gasteiger partial charge on any atom is -0.497 e. The molecule has 1 amide bonds. The molecule has 2 heterocycles. The van der Waals surface area contributed by atoms with E-state index in [4.69, 9.17) is 13.9 Å². The van der Waals surface area contributed by atoms with Crippen molar-refractivity contribution in [1.29, 1.82) is 0 Å². The number of carbonyl (C=O) groups excluding carboxylic acids is 1. The number of aliphatic carboxylic acids is 1. The first kappa shape index (κ1) is 33.9. The zero-order valence-corrected chi connectivity index (χ0v) is 25.7. The van der Waals surface area contributed by atoms with Gasteiger partial charge in [-0.3, -0.25) is 9.59 Å². The maximum absolute atomic E-state index is 13.2. The molecule has 1 N–H and O–H groups in total. The highest BCUT2D eigenvalue weighted by molar-refractivity contribution is 5.94. The lowest BCUT2D eigenvalue weighted by Crippen LogP contribution is -2.36. The van der Waals surface area contributed by atoms with Crippen LogP contribution >= 0.6 is 0 Å². The molecule has 1 aromatic heterocycles. The Kier molecular flexibility index (Phi) is 14.1. The quantitative estimate of drug-likeness (QED) is 0.274. The summed E-state index contributed by atoms with van der Waals surface area (Å²) in [4.78, 5) is 30.4. The van der Waals surface area contributed by atoms with Crippen LogP contribution in [0.2, 0.25) is 0 Å². The van der Waals surface area contributed by atoms with Gasteiger partial charge in [-0.1, -0.05) is 29.9 Å². The molecule has 1 aliphatic heterocycles. The van der Waals surface area contributed by atoms with Gasteiger partial charge in [-0.2, -0.15) is 0 Å². The summed E-state index contributed by atoms with van der Waals surface area (Å²) in [5.41, 5.74) is 5.74. The Morgan fingerprint density at radius 3 is 2.45 bits per heavy atom. The van der Waals surface area contributed by atoms with E-state index in [0.717, 1.165) is 33.9 Å². The number of nitrogens with zero attached hydrogens (tertiary/aromatic N) is 2. The Hall–Kier alpha value is -4.33. The van der Waals surface area contributed by atoms with Crippen LogP contribution < -0.4 is 9.47 Å². The van der Waals surface area contributed by atoms with Crippen LogP contribution in [0.1, 0.15) is 72.6 Å². The molecule has 0 saturated carbocycles. The molecule has 0 radical (unpaired) electrons. The number of aromatic nitrogens is 1. The number of carbonyl (C=O) groups is 2. The van der Waals surface area contributed by atoms with Crippen LogP contribution in [0, 0.1) is 6.92 Å². The number of rotatable bonds is 9. The summed E-state index contributed by atoms with van der Waals surface area (Å²) in [5, 5.41) is 9.19. The van der Waals surface area contributed by atoms with Gasteiger partial charge in [0.05, 0.1) is 19.4 Å². The van der Waals surface area contributed by atoms with Crippen molar-refractivity contribution < 1.29 is 28.6 Å². The van der Waals surface area contributed by atoms with Crippen LogP contribution in [-0.4, -0.2) is 47.1 Å². The molecular weight excluding hydrogens is 532 g/mol. The monoisotopic (exact) mass is 576 g/mol. The normalized spacial score (nSPS) is 11.5.